The second-order valence-electron chi connectivity index (χ2n) is 4.46. The minimum Gasteiger partial charge on any atom is -0.439 e. The fourth-order valence-corrected chi connectivity index (χ4v) is 1.65. The molecule has 0 saturated heterocycles. The summed E-state index contributed by atoms with van der Waals surface area (Å²) in [5, 5.41) is 10.5. The number of pyridine rings is 1. The van der Waals surface area contributed by atoms with Gasteiger partial charge in [-0.3, -0.25) is 10.1 Å². The molecule has 5 nitrogen and oxygen atoms in total. The maximum atomic E-state index is 12.7. The molecule has 0 amide bonds. The molecule has 0 aliphatic rings. The molecule has 1 aromatic heterocycles. The highest BCUT2D eigenvalue weighted by Gasteiger charge is 2.37. The first-order chi connectivity index (χ1) is 11.0. The normalized spacial score (nSPS) is 12.1. The Hall–Kier alpha value is -2.85. The lowest BCUT2D eigenvalue weighted by Crippen LogP contribution is -2.11. The third kappa shape index (κ3) is 4.12. The van der Waals surface area contributed by atoms with E-state index >= 15 is 0 Å². The molecule has 1 heterocycles. The van der Waals surface area contributed by atoms with Gasteiger partial charge in [0.1, 0.15) is 11.9 Å². The average Bonchev–Trinajstić information content (AvgIpc) is 2.45. The molecule has 0 fully saturated rings. The quantitative estimate of drug-likeness (QED) is 0.451. The van der Waals surface area contributed by atoms with E-state index in [-0.39, 0.29) is 6.07 Å². The van der Waals surface area contributed by atoms with Crippen molar-refractivity contribution in [1.29, 1.82) is 0 Å². The minimum atomic E-state index is -5.01. The highest BCUT2D eigenvalue weighted by atomic mass is 19.4. The van der Waals surface area contributed by atoms with Crippen LogP contribution in [-0.2, 0) is 12.4 Å². The largest absolute Gasteiger partial charge is 0.439 e. The van der Waals surface area contributed by atoms with E-state index in [1.54, 1.807) is 0 Å². The van der Waals surface area contributed by atoms with Gasteiger partial charge < -0.3 is 4.74 Å². The van der Waals surface area contributed by atoms with E-state index in [1.165, 1.54) is 0 Å². The van der Waals surface area contributed by atoms with Crippen molar-refractivity contribution in [3.8, 4) is 11.6 Å². The van der Waals surface area contributed by atoms with Gasteiger partial charge in [0.2, 0.25) is 5.88 Å². The van der Waals surface area contributed by atoms with Crippen LogP contribution in [0.5, 0.6) is 11.6 Å². The Labute approximate surface area is 129 Å². The van der Waals surface area contributed by atoms with Gasteiger partial charge in [0.25, 0.3) is 5.69 Å². The molecule has 1 aromatic carbocycles. The summed E-state index contributed by atoms with van der Waals surface area (Å²) < 4.78 is 81.1. The molecule has 0 atom stereocenters. The number of nitrogens with zero attached hydrogens (tertiary/aromatic N) is 2. The van der Waals surface area contributed by atoms with Gasteiger partial charge >= 0.3 is 12.4 Å². The van der Waals surface area contributed by atoms with E-state index in [0.717, 1.165) is 18.3 Å². The Morgan fingerprint density at radius 3 is 1.88 bits per heavy atom. The summed E-state index contributed by atoms with van der Waals surface area (Å²) in [5.41, 5.74) is -3.51. The maximum absolute atomic E-state index is 12.7. The zero-order chi connectivity index (χ0) is 18.1. The van der Waals surface area contributed by atoms with E-state index in [1.807, 2.05) is 0 Å². The molecular formula is C13H6F6N2O3. The van der Waals surface area contributed by atoms with Crippen molar-refractivity contribution >= 4 is 5.69 Å². The molecule has 24 heavy (non-hydrogen) atoms. The van der Waals surface area contributed by atoms with Crippen molar-refractivity contribution in [3.63, 3.8) is 0 Å². The van der Waals surface area contributed by atoms with Gasteiger partial charge in [-0.2, -0.15) is 26.3 Å². The number of hydrogen-bond donors (Lipinski definition) is 0. The first-order valence-electron chi connectivity index (χ1n) is 6.04. The molecule has 2 rings (SSSR count). The van der Waals surface area contributed by atoms with Crippen LogP contribution in [0.25, 0.3) is 0 Å². The Morgan fingerprint density at radius 2 is 1.50 bits per heavy atom. The molecule has 0 radical (unpaired) electrons. The number of nitro groups is 1. The number of aromatic nitrogens is 1. The average molecular weight is 352 g/mol. The van der Waals surface area contributed by atoms with Crippen LogP contribution in [0, 0.1) is 10.1 Å². The van der Waals surface area contributed by atoms with Crippen LogP contribution in [0.15, 0.2) is 36.5 Å². The van der Waals surface area contributed by atoms with Crippen LogP contribution in [0.4, 0.5) is 32.0 Å². The molecule has 2 aromatic rings. The van der Waals surface area contributed by atoms with Crippen molar-refractivity contribution in [1.82, 2.24) is 4.98 Å². The van der Waals surface area contributed by atoms with Crippen molar-refractivity contribution in [2.75, 3.05) is 0 Å². The van der Waals surface area contributed by atoms with Crippen LogP contribution >= 0.6 is 0 Å². The van der Waals surface area contributed by atoms with E-state index in [9.17, 15) is 36.5 Å². The monoisotopic (exact) mass is 352 g/mol. The number of halogens is 6. The molecular weight excluding hydrogens is 346 g/mol. The molecule has 11 heteroatoms. The fraction of sp³-hybridized carbons (Fsp3) is 0.154. The lowest BCUT2D eigenvalue weighted by molar-refractivity contribution is -0.385. The number of ether oxygens (including phenoxy) is 1. The van der Waals surface area contributed by atoms with Crippen LogP contribution in [-0.4, -0.2) is 9.91 Å². The van der Waals surface area contributed by atoms with Crippen molar-refractivity contribution < 1.29 is 36.0 Å². The standard InChI is InChI=1S/C13H6F6N2O3/c14-12(15,16)7-3-8(13(17,18)19)5-10(4-7)24-11-2-1-9(6-20-11)21(22)23/h1-6H. The summed E-state index contributed by atoms with van der Waals surface area (Å²) in [7, 11) is 0. The van der Waals surface area contributed by atoms with Crippen LogP contribution in [0.2, 0.25) is 0 Å². The van der Waals surface area contributed by atoms with E-state index in [0.29, 0.717) is 12.1 Å². The van der Waals surface area contributed by atoms with Crippen LogP contribution < -0.4 is 4.74 Å². The van der Waals surface area contributed by atoms with E-state index in [2.05, 4.69) is 4.98 Å². The zero-order valence-corrected chi connectivity index (χ0v) is 11.4. The topological polar surface area (TPSA) is 65.3 Å². The Morgan fingerprint density at radius 1 is 0.958 bits per heavy atom. The van der Waals surface area contributed by atoms with Gasteiger partial charge in [0, 0.05) is 12.1 Å². The minimum absolute atomic E-state index is 0.0455. The Bertz CT molecular complexity index is 724. The predicted octanol–water partition coefficient (Wildman–Crippen LogP) is 4.82. The molecule has 0 spiro atoms. The second-order valence-corrected chi connectivity index (χ2v) is 4.46. The fourth-order valence-electron chi connectivity index (χ4n) is 1.65. The van der Waals surface area contributed by atoms with Gasteiger partial charge in [-0.05, 0) is 18.2 Å². The Balaban J connectivity index is 2.40. The smallest absolute Gasteiger partial charge is 0.416 e. The molecule has 0 aliphatic heterocycles. The number of benzene rings is 1. The van der Waals surface area contributed by atoms with Crippen LogP contribution in [0.3, 0.4) is 0 Å². The predicted molar refractivity (Wildman–Crippen MR) is 67.4 cm³/mol. The number of rotatable bonds is 3. The Kier molecular flexibility index (Phi) is 4.36. The van der Waals surface area contributed by atoms with Gasteiger partial charge in [0.15, 0.2) is 0 Å². The zero-order valence-electron chi connectivity index (χ0n) is 11.4. The molecule has 128 valence electrons. The van der Waals surface area contributed by atoms with E-state index < -0.39 is 45.7 Å². The number of hydrogen-bond acceptors (Lipinski definition) is 4. The summed E-state index contributed by atoms with van der Waals surface area (Å²) >= 11 is 0. The molecule has 0 saturated carbocycles. The maximum Gasteiger partial charge on any atom is 0.416 e. The molecule has 0 N–H and O–H groups in total. The lowest BCUT2D eigenvalue weighted by Gasteiger charge is -2.14. The third-order valence-corrected chi connectivity index (χ3v) is 2.72. The van der Waals surface area contributed by atoms with Gasteiger partial charge in [0.05, 0.1) is 16.1 Å². The lowest BCUT2D eigenvalue weighted by atomic mass is 10.1. The summed E-state index contributed by atoms with van der Waals surface area (Å²) in [6.45, 7) is 0. The highest BCUT2D eigenvalue weighted by Crippen LogP contribution is 2.39. The molecule has 0 aliphatic carbocycles. The summed E-state index contributed by atoms with van der Waals surface area (Å²) in [6.07, 6.45) is -9.27. The first-order valence-corrected chi connectivity index (χ1v) is 6.04. The van der Waals surface area contributed by atoms with Gasteiger partial charge in [-0.25, -0.2) is 4.98 Å². The molecule has 0 unspecified atom stereocenters. The van der Waals surface area contributed by atoms with Gasteiger partial charge in [-0.15, -0.1) is 0 Å². The van der Waals surface area contributed by atoms with Crippen molar-refractivity contribution in [3.05, 3.63) is 57.8 Å². The van der Waals surface area contributed by atoms with E-state index in [4.69, 9.17) is 4.74 Å². The summed E-state index contributed by atoms with van der Waals surface area (Å²) in [6, 6.07) is 2.60. The SMILES string of the molecule is O=[N+]([O-])c1ccc(Oc2cc(C(F)(F)F)cc(C(F)(F)F)c2)nc1. The first kappa shape index (κ1) is 17.5. The van der Waals surface area contributed by atoms with Crippen molar-refractivity contribution in [2.45, 2.75) is 12.4 Å². The summed E-state index contributed by atoms with van der Waals surface area (Å²) in [5.74, 6) is -1.15. The second kappa shape index (κ2) is 5.98. The van der Waals surface area contributed by atoms with Crippen molar-refractivity contribution in [2.24, 2.45) is 0 Å². The molecule has 0 bridgehead atoms. The third-order valence-electron chi connectivity index (χ3n) is 2.72. The number of alkyl halides is 6. The highest BCUT2D eigenvalue weighted by molar-refractivity contribution is 5.39. The van der Waals surface area contributed by atoms with Crippen LogP contribution in [0.1, 0.15) is 11.1 Å². The summed E-state index contributed by atoms with van der Waals surface area (Å²) in [4.78, 5) is 13.1. The van der Waals surface area contributed by atoms with Gasteiger partial charge in [-0.1, -0.05) is 0 Å².